The van der Waals surface area contributed by atoms with Gasteiger partial charge in [-0.2, -0.15) is 0 Å². The molecule has 1 atom stereocenters. The standard InChI is InChI=1S/C21H30N2O3S/c1-27-19-10-5-7-17(14-19)23-15-16(13-20(23)24)21(25)22-11-6-12-26-18-8-3-2-4-9-18/h5,7,10,14,16,18H,2-4,6,8-9,11-13,15H2,1H3,(H,22,25)/t16-/m0/s1. The van der Waals surface area contributed by atoms with Crippen LogP contribution in [0.4, 0.5) is 5.69 Å². The summed E-state index contributed by atoms with van der Waals surface area (Å²) in [6, 6.07) is 7.91. The van der Waals surface area contributed by atoms with Crippen molar-refractivity contribution in [3.63, 3.8) is 0 Å². The maximum Gasteiger partial charge on any atom is 0.227 e. The smallest absolute Gasteiger partial charge is 0.227 e. The van der Waals surface area contributed by atoms with Gasteiger partial charge in [0, 0.05) is 36.7 Å². The predicted molar refractivity (Wildman–Crippen MR) is 109 cm³/mol. The van der Waals surface area contributed by atoms with Crippen molar-refractivity contribution in [3.05, 3.63) is 24.3 Å². The zero-order chi connectivity index (χ0) is 19.1. The third kappa shape index (κ3) is 5.72. The SMILES string of the molecule is CSc1cccc(N2C[C@@H](C(=O)NCCCOC3CCCCC3)CC2=O)c1. The number of hydrogen-bond donors (Lipinski definition) is 1. The fraction of sp³-hybridized carbons (Fsp3) is 0.619. The van der Waals surface area contributed by atoms with Gasteiger partial charge in [-0.15, -0.1) is 11.8 Å². The van der Waals surface area contributed by atoms with E-state index in [4.69, 9.17) is 4.74 Å². The van der Waals surface area contributed by atoms with Crippen LogP contribution in [0.2, 0.25) is 0 Å². The number of thioether (sulfide) groups is 1. The maximum absolute atomic E-state index is 12.4. The minimum atomic E-state index is -0.269. The molecule has 2 fully saturated rings. The van der Waals surface area contributed by atoms with Crippen LogP contribution in [0.3, 0.4) is 0 Å². The normalized spacial score (nSPS) is 20.9. The van der Waals surface area contributed by atoms with Gasteiger partial charge in [-0.1, -0.05) is 25.3 Å². The Labute approximate surface area is 166 Å². The molecule has 1 saturated heterocycles. The van der Waals surface area contributed by atoms with Crippen molar-refractivity contribution < 1.29 is 14.3 Å². The van der Waals surface area contributed by atoms with Crippen molar-refractivity contribution in [1.82, 2.24) is 5.32 Å². The third-order valence-corrected chi connectivity index (χ3v) is 6.11. The van der Waals surface area contributed by atoms with E-state index in [0.717, 1.165) is 17.0 Å². The largest absolute Gasteiger partial charge is 0.378 e. The molecule has 2 aliphatic rings. The topological polar surface area (TPSA) is 58.6 Å². The van der Waals surface area contributed by atoms with Crippen LogP contribution < -0.4 is 10.2 Å². The fourth-order valence-electron chi connectivity index (χ4n) is 3.82. The van der Waals surface area contributed by atoms with Crippen LogP contribution in [-0.2, 0) is 14.3 Å². The molecule has 0 radical (unpaired) electrons. The number of ether oxygens (including phenoxy) is 1. The van der Waals surface area contributed by atoms with Crippen molar-refractivity contribution >= 4 is 29.3 Å². The maximum atomic E-state index is 12.4. The first-order valence-electron chi connectivity index (χ1n) is 10.0. The van der Waals surface area contributed by atoms with E-state index in [1.165, 1.54) is 32.1 Å². The molecule has 2 amide bonds. The van der Waals surface area contributed by atoms with Gasteiger partial charge in [0.25, 0.3) is 0 Å². The summed E-state index contributed by atoms with van der Waals surface area (Å²) in [6.45, 7) is 1.77. The van der Waals surface area contributed by atoms with E-state index in [-0.39, 0.29) is 24.2 Å². The Hall–Kier alpha value is -1.53. The highest BCUT2D eigenvalue weighted by atomic mass is 32.2. The number of hydrogen-bond acceptors (Lipinski definition) is 4. The van der Waals surface area contributed by atoms with Gasteiger partial charge in [0.1, 0.15) is 0 Å². The molecule has 5 nitrogen and oxygen atoms in total. The summed E-state index contributed by atoms with van der Waals surface area (Å²) in [5, 5.41) is 2.98. The highest BCUT2D eigenvalue weighted by Gasteiger charge is 2.35. The van der Waals surface area contributed by atoms with E-state index in [1.807, 2.05) is 30.5 Å². The molecule has 1 saturated carbocycles. The van der Waals surface area contributed by atoms with E-state index in [9.17, 15) is 9.59 Å². The molecule has 27 heavy (non-hydrogen) atoms. The molecular weight excluding hydrogens is 360 g/mol. The van der Waals surface area contributed by atoms with Gasteiger partial charge in [0.15, 0.2) is 0 Å². The van der Waals surface area contributed by atoms with Crippen LogP contribution in [0, 0.1) is 5.92 Å². The summed E-state index contributed by atoms with van der Waals surface area (Å²) in [6.07, 6.45) is 9.74. The molecule has 0 bridgehead atoms. The van der Waals surface area contributed by atoms with Crippen molar-refractivity contribution in [3.8, 4) is 0 Å². The molecule has 1 aromatic rings. The van der Waals surface area contributed by atoms with Gasteiger partial charge in [-0.05, 0) is 43.7 Å². The number of rotatable bonds is 8. The molecule has 1 aliphatic carbocycles. The summed E-state index contributed by atoms with van der Waals surface area (Å²) < 4.78 is 5.89. The number of amides is 2. The number of benzene rings is 1. The Bertz CT molecular complexity index is 646. The molecule has 0 unspecified atom stereocenters. The van der Waals surface area contributed by atoms with Gasteiger partial charge in [0.05, 0.1) is 12.0 Å². The zero-order valence-electron chi connectivity index (χ0n) is 16.1. The first kappa shape index (κ1) is 20.2. The quantitative estimate of drug-likeness (QED) is 0.544. The summed E-state index contributed by atoms with van der Waals surface area (Å²) in [7, 11) is 0. The monoisotopic (exact) mass is 390 g/mol. The molecule has 6 heteroatoms. The van der Waals surface area contributed by atoms with Gasteiger partial charge >= 0.3 is 0 Å². The molecule has 148 valence electrons. The van der Waals surface area contributed by atoms with Crippen LogP contribution in [0.5, 0.6) is 0 Å². The number of carbonyl (C=O) groups is 2. The second-order valence-corrected chi connectivity index (χ2v) is 8.26. The average molecular weight is 391 g/mol. The predicted octanol–water partition coefficient (Wildman–Crippen LogP) is 3.62. The van der Waals surface area contributed by atoms with Gasteiger partial charge in [0.2, 0.25) is 11.8 Å². The van der Waals surface area contributed by atoms with Gasteiger partial charge < -0.3 is 15.0 Å². The van der Waals surface area contributed by atoms with Gasteiger partial charge in [-0.25, -0.2) is 0 Å². The van der Waals surface area contributed by atoms with Crippen molar-refractivity contribution in [2.75, 3.05) is 30.9 Å². The van der Waals surface area contributed by atoms with E-state index in [1.54, 1.807) is 16.7 Å². The van der Waals surface area contributed by atoms with Gasteiger partial charge in [-0.3, -0.25) is 9.59 Å². The lowest BCUT2D eigenvalue weighted by Crippen LogP contribution is -2.34. The highest BCUT2D eigenvalue weighted by Crippen LogP contribution is 2.28. The molecule has 1 aromatic carbocycles. The van der Waals surface area contributed by atoms with E-state index in [2.05, 4.69) is 5.32 Å². The zero-order valence-corrected chi connectivity index (χ0v) is 16.9. The second-order valence-electron chi connectivity index (χ2n) is 7.38. The summed E-state index contributed by atoms with van der Waals surface area (Å²) in [5.41, 5.74) is 0.878. The highest BCUT2D eigenvalue weighted by molar-refractivity contribution is 7.98. The van der Waals surface area contributed by atoms with Crippen molar-refractivity contribution in [1.29, 1.82) is 0 Å². The molecule has 3 rings (SSSR count). The lowest BCUT2D eigenvalue weighted by Gasteiger charge is -2.22. The summed E-state index contributed by atoms with van der Waals surface area (Å²) in [5.74, 6) is -0.270. The second kappa shape index (κ2) is 10.1. The first-order chi connectivity index (χ1) is 13.2. The van der Waals surface area contributed by atoms with Crippen LogP contribution in [0.15, 0.2) is 29.2 Å². The van der Waals surface area contributed by atoms with E-state index < -0.39 is 0 Å². The number of carbonyl (C=O) groups excluding carboxylic acids is 2. The molecule has 1 aliphatic heterocycles. The first-order valence-corrected chi connectivity index (χ1v) is 11.2. The number of nitrogens with one attached hydrogen (secondary N) is 1. The number of anilines is 1. The molecular formula is C21H30N2O3S. The Morgan fingerprint density at radius 3 is 2.89 bits per heavy atom. The number of nitrogens with zero attached hydrogens (tertiary/aromatic N) is 1. The minimum absolute atomic E-state index is 0.0223. The molecule has 0 spiro atoms. The van der Waals surface area contributed by atoms with Crippen molar-refractivity contribution in [2.45, 2.75) is 55.9 Å². The molecule has 0 aromatic heterocycles. The Morgan fingerprint density at radius 2 is 2.11 bits per heavy atom. The van der Waals surface area contributed by atoms with Crippen molar-refractivity contribution in [2.24, 2.45) is 5.92 Å². The van der Waals surface area contributed by atoms with E-state index >= 15 is 0 Å². The lowest BCUT2D eigenvalue weighted by atomic mass is 9.98. The fourth-order valence-corrected chi connectivity index (χ4v) is 4.27. The summed E-state index contributed by atoms with van der Waals surface area (Å²) in [4.78, 5) is 27.6. The average Bonchev–Trinajstić information content (AvgIpc) is 3.10. The van der Waals surface area contributed by atoms with Crippen LogP contribution in [-0.4, -0.2) is 43.9 Å². The Balaban J connectivity index is 1.39. The third-order valence-electron chi connectivity index (χ3n) is 5.39. The molecule has 1 N–H and O–H groups in total. The lowest BCUT2D eigenvalue weighted by molar-refractivity contribution is -0.126. The Kier molecular flexibility index (Phi) is 7.59. The van der Waals surface area contributed by atoms with E-state index in [0.29, 0.717) is 25.8 Å². The van der Waals surface area contributed by atoms with Crippen LogP contribution in [0.1, 0.15) is 44.9 Å². The summed E-state index contributed by atoms with van der Waals surface area (Å²) >= 11 is 1.65. The molecule has 1 heterocycles. The van der Waals surface area contributed by atoms with Crippen LogP contribution >= 0.6 is 11.8 Å². The Morgan fingerprint density at radius 1 is 1.30 bits per heavy atom. The minimum Gasteiger partial charge on any atom is -0.378 e. The van der Waals surface area contributed by atoms with Crippen LogP contribution in [0.25, 0.3) is 0 Å².